The number of benzene rings is 1. The first-order valence-electron chi connectivity index (χ1n) is 7.87. The van der Waals surface area contributed by atoms with E-state index >= 15 is 0 Å². The Balaban J connectivity index is 2.02. The van der Waals surface area contributed by atoms with Crippen LogP contribution in [0.4, 0.5) is 0 Å². The number of pyridine rings is 1. The van der Waals surface area contributed by atoms with Crippen LogP contribution < -0.4 is 0 Å². The second-order valence-corrected chi connectivity index (χ2v) is 6.40. The van der Waals surface area contributed by atoms with Crippen molar-refractivity contribution >= 4 is 5.91 Å². The van der Waals surface area contributed by atoms with Crippen LogP contribution in [0.15, 0.2) is 54.9 Å². The molecule has 0 radical (unpaired) electrons. The van der Waals surface area contributed by atoms with E-state index in [0.717, 1.165) is 11.1 Å². The quantitative estimate of drug-likeness (QED) is 0.855. The van der Waals surface area contributed by atoms with Crippen LogP contribution in [0.5, 0.6) is 0 Å². The van der Waals surface area contributed by atoms with Gasteiger partial charge in [0.2, 0.25) is 5.91 Å². The molecule has 122 valence electrons. The molecule has 1 aromatic heterocycles. The molecule has 0 spiro atoms. The van der Waals surface area contributed by atoms with Gasteiger partial charge in [0, 0.05) is 31.9 Å². The maximum absolute atomic E-state index is 12.6. The lowest BCUT2D eigenvalue weighted by Crippen LogP contribution is -2.41. The summed E-state index contributed by atoms with van der Waals surface area (Å²) in [6.07, 6.45) is 4.57. The van der Waals surface area contributed by atoms with Gasteiger partial charge >= 0.3 is 0 Å². The highest BCUT2D eigenvalue weighted by molar-refractivity contribution is 5.76. The Morgan fingerprint density at radius 3 is 2.35 bits per heavy atom. The Hall–Kier alpha value is -2.20. The maximum Gasteiger partial charge on any atom is 0.223 e. The van der Waals surface area contributed by atoms with Crippen molar-refractivity contribution in [2.75, 3.05) is 6.54 Å². The topological polar surface area (TPSA) is 53.4 Å². The average Bonchev–Trinajstić information content (AvgIpc) is 2.53. The third kappa shape index (κ3) is 6.20. The molecule has 0 bridgehead atoms. The highest BCUT2D eigenvalue weighted by atomic mass is 16.3. The molecule has 0 atom stereocenters. The maximum atomic E-state index is 12.6. The van der Waals surface area contributed by atoms with E-state index in [1.54, 1.807) is 31.1 Å². The van der Waals surface area contributed by atoms with Crippen molar-refractivity contribution in [3.8, 4) is 0 Å². The molecule has 0 aliphatic rings. The smallest absolute Gasteiger partial charge is 0.223 e. The molecule has 1 heterocycles. The monoisotopic (exact) mass is 312 g/mol. The van der Waals surface area contributed by atoms with Crippen LogP contribution in [-0.2, 0) is 17.8 Å². The Bertz CT molecular complexity index is 606. The first kappa shape index (κ1) is 17.2. The molecule has 2 rings (SSSR count). The molecule has 1 aromatic carbocycles. The lowest BCUT2D eigenvalue weighted by molar-refractivity contribution is -0.134. The SMILES string of the molecule is CC(C)(O)CN(Cc1ccccc1)C(=O)CCc1ccncc1. The summed E-state index contributed by atoms with van der Waals surface area (Å²) < 4.78 is 0. The lowest BCUT2D eigenvalue weighted by atomic mass is 10.1. The van der Waals surface area contributed by atoms with Crippen molar-refractivity contribution in [2.24, 2.45) is 0 Å². The summed E-state index contributed by atoms with van der Waals surface area (Å²) in [5.74, 6) is 0.0489. The zero-order valence-electron chi connectivity index (χ0n) is 13.8. The molecule has 1 amide bonds. The molecule has 1 N–H and O–H groups in total. The molecule has 4 heteroatoms. The third-order valence-corrected chi connectivity index (χ3v) is 3.52. The van der Waals surface area contributed by atoms with Crippen LogP contribution in [0.2, 0.25) is 0 Å². The van der Waals surface area contributed by atoms with Gasteiger partial charge in [-0.3, -0.25) is 9.78 Å². The van der Waals surface area contributed by atoms with Crippen molar-refractivity contribution < 1.29 is 9.90 Å². The summed E-state index contributed by atoms with van der Waals surface area (Å²) in [4.78, 5) is 18.3. The van der Waals surface area contributed by atoms with Crippen molar-refractivity contribution in [3.63, 3.8) is 0 Å². The summed E-state index contributed by atoms with van der Waals surface area (Å²) in [7, 11) is 0. The Labute approximate surface area is 137 Å². The average molecular weight is 312 g/mol. The Morgan fingerprint density at radius 2 is 1.74 bits per heavy atom. The van der Waals surface area contributed by atoms with Crippen molar-refractivity contribution in [1.29, 1.82) is 0 Å². The van der Waals surface area contributed by atoms with Crippen LogP contribution in [0.1, 0.15) is 31.4 Å². The first-order chi connectivity index (χ1) is 10.9. The molecule has 4 nitrogen and oxygen atoms in total. The fourth-order valence-corrected chi connectivity index (χ4v) is 2.46. The van der Waals surface area contributed by atoms with E-state index in [1.807, 2.05) is 42.5 Å². The Morgan fingerprint density at radius 1 is 1.09 bits per heavy atom. The zero-order chi connectivity index (χ0) is 16.7. The van der Waals surface area contributed by atoms with Gasteiger partial charge in [-0.05, 0) is 43.5 Å². The molecule has 0 saturated carbocycles. The van der Waals surface area contributed by atoms with E-state index in [0.29, 0.717) is 25.9 Å². The molecular formula is C19H24N2O2. The molecular weight excluding hydrogens is 288 g/mol. The molecule has 2 aromatic rings. The van der Waals surface area contributed by atoms with E-state index in [2.05, 4.69) is 4.98 Å². The standard InChI is InChI=1S/C19H24N2O2/c1-19(2,23)15-21(14-17-6-4-3-5-7-17)18(22)9-8-16-10-12-20-13-11-16/h3-7,10-13,23H,8-9,14-15H2,1-2H3. The van der Waals surface area contributed by atoms with Crippen LogP contribution in [-0.4, -0.2) is 33.0 Å². The van der Waals surface area contributed by atoms with Crippen molar-refractivity contribution in [1.82, 2.24) is 9.88 Å². The second-order valence-electron chi connectivity index (χ2n) is 6.40. The van der Waals surface area contributed by atoms with E-state index in [1.165, 1.54) is 0 Å². The molecule has 0 unspecified atom stereocenters. The Kier molecular flexibility index (Phi) is 5.88. The number of hydrogen-bond donors (Lipinski definition) is 1. The fraction of sp³-hybridized carbons (Fsp3) is 0.368. The summed E-state index contributed by atoms with van der Waals surface area (Å²) in [6, 6.07) is 13.7. The molecule has 0 aliphatic carbocycles. The summed E-state index contributed by atoms with van der Waals surface area (Å²) in [5, 5.41) is 10.1. The number of hydrogen-bond acceptors (Lipinski definition) is 3. The van der Waals surface area contributed by atoms with Gasteiger partial charge in [0.25, 0.3) is 0 Å². The minimum absolute atomic E-state index is 0.0489. The van der Waals surface area contributed by atoms with Crippen LogP contribution in [0.25, 0.3) is 0 Å². The number of aryl methyl sites for hydroxylation is 1. The molecule has 0 aliphatic heterocycles. The number of amides is 1. The van der Waals surface area contributed by atoms with E-state index < -0.39 is 5.60 Å². The van der Waals surface area contributed by atoms with Crippen LogP contribution in [0.3, 0.4) is 0 Å². The minimum Gasteiger partial charge on any atom is -0.389 e. The predicted molar refractivity (Wildman–Crippen MR) is 90.7 cm³/mol. The zero-order valence-corrected chi connectivity index (χ0v) is 13.8. The highest BCUT2D eigenvalue weighted by Crippen LogP contribution is 2.13. The molecule has 0 saturated heterocycles. The summed E-state index contributed by atoms with van der Waals surface area (Å²) >= 11 is 0. The van der Waals surface area contributed by atoms with Gasteiger partial charge in [-0.2, -0.15) is 0 Å². The van der Waals surface area contributed by atoms with E-state index in [4.69, 9.17) is 0 Å². The van der Waals surface area contributed by atoms with Gasteiger partial charge in [-0.1, -0.05) is 30.3 Å². The number of carbonyl (C=O) groups is 1. The van der Waals surface area contributed by atoms with Gasteiger partial charge in [0.15, 0.2) is 0 Å². The largest absolute Gasteiger partial charge is 0.389 e. The summed E-state index contributed by atoms with van der Waals surface area (Å²) in [6.45, 7) is 4.28. The van der Waals surface area contributed by atoms with Crippen LogP contribution >= 0.6 is 0 Å². The number of nitrogens with zero attached hydrogens (tertiary/aromatic N) is 2. The second kappa shape index (κ2) is 7.88. The van der Waals surface area contributed by atoms with Gasteiger partial charge in [-0.15, -0.1) is 0 Å². The van der Waals surface area contributed by atoms with Gasteiger partial charge < -0.3 is 10.0 Å². The van der Waals surface area contributed by atoms with Crippen LogP contribution in [0, 0.1) is 0 Å². The number of aliphatic hydroxyl groups is 1. The number of carbonyl (C=O) groups excluding carboxylic acids is 1. The highest BCUT2D eigenvalue weighted by Gasteiger charge is 2.22. The van der Waals surface area contributed by atoms with Gasteiger partial charge in [0.1, 0.15) is 0 Å². The van der Waals surface area contributed by atoms with Gasteiger partial charge in [-0.25, -0.2) is 0 Å². The predicted octanol–water partition coefficient (Wildman–Crippen LogP) is 2.81. The first-order valence-corrected chi connectivity index (χ1v) is 7.87. The third-order valence-electron chi connectivity index (χ3n) is 3.52. The van der Waals surface area contributed by atoms with Crippen molar-refractivity contribution in [3.05, 3.63) is 66.0 Å². The summed E-state index contributed by atoms with van der Waals surface area (Å²) in [5.41, 5.74) is 1.24. The van der Waals surface area contributed by atoms with E-state index in [9.17, 15) is 9.90 Å². The molecule has 23 heavy (non-hydrogen) atoms. The fourth-order valence-electron chi connectivity index (χ4n) is 2.46. The molecule has 0 fully saturated rings. The number of rotatable bonds is 7. The van der Waals surface area contributed by atoms with Gasteiger partial charge in [0.05, 0.1) is 5.60 Å². The number of aromatic nitrogens is 1. The normalized spacial score (nSPS) is 11.3. The lowest BCUT2D eigenvalue weighted by Gasteiger charge is -2.29. The van der Waals surface area contributed by atoms with Crippen molar-refractivity contribution in [2.45, 2.75) is 38.8 Å². The minimum atomic E-state index is -0.916. The van der Waals surface area contributed by atoms with E-state index in [-0.39, 0.29) is 5.91 Å².